The van der Waals surface area contributed by atoms with Gasteiger partial charge in [-0.05, 0) is 25.0 Å². The second-order valence-corrected chi connectivity index (χ2v) is 5.32. The van der Waals surface area contributed by atoms with Gasteiger partial charge in [0.25, 0.3) is 0 Å². The van der Waals surface area contributed by atoms with Crippen LogP contribution in [-0.2, 0) is 6.42 Å². The van der Waals surface area contributed by atoms with E-state index in [4.69, 9.17) is 5.73 Å². The van der Waals surface area contributed by atoms with Gasteiger partial charge in [-0.2, -0.15) is 0 Å². The van der Waals surface area contributed by atoms with E-state index in [2.05, 4.69) is 16.9 Å². The number of benzene rings is 1. The number of hydrogen-bond donors (Lipinski definition) is 2. The molecule has 0 aliphatic rings. The average Bonchev–Trinajstić information content (AvgIpc) is 2.74. The van der Waals surface area contributed by atoms with E-state index in [0.29, 0.717) is 11.3 Å². The number of phenols is 1. The summed E-state index contributed by atoms with van der Waals surface area (Å²) in [6.07, 6.45) is 2.02. The van der Waals surface area contributed by atoms with Crippen molar-refractivity contribution in [2.45, 2.75) is 19.8 Å². The van der Waals surface area contributed by atoms with Crippen LogP contribution in [0, 0.1) is 0 Å². The van der Waals surface area contributed by atoms with Crippen LogP contribution in [0.2, 0.25) is 0 Å². The Kier molecular flexibility index (Phi) is 2.56. The minimum absolute atomic E-state index is 0.201. The summed E-state index contributed by atoms with van der Waals surface area (Å²) in [6.45, 7) is 2.13. The first-order valence-electron chi connectivity index (χ1n) is 5.86. The molecule has 0 saturated heterocycles. The highest BCUT2D eigenvalue weighted by Crippen LogP contribution is 2.34. The largest absolute Gasteiger partial charge is 0.508 e. The van der Waals surface area contributed by atoms with Crippen molar-refractivity contribution < 1.29 is 5.11 Å². The number of aromatic hydroxyl groups is 1. The number of aromatic nitrogens is 2. The molecule has 0 bridgehead atoms. The number of nitrogens with two attached hydrogens (primary N) is 1. The van der Waals surface area contributed by atoms with Crippen LogP contribution >= 0.6 is 11.3 Å². The summed E-state index contributed by atoms with van der Waals surface area (Å²) in [4.78, 5) is 8.84. The summed E-state index contributed by atoms with van der Waals surface area (Å²) in [7, 11) is 0. The number of rotatable bonds is 2. The Hall–Kier alpha value is -1.88. The van der Waals surface area contributed by atoms with Gasteiger partial charge in [0.15, 0.2) is 5.82 Å². The van der Waals surface area contributed by atoms with Crippen LogP contribution in [-0.4, -0.2) is 15.1 Å². The minimum Gasteiger partial charge on any atom is -0.508 e. The van der Waals surface area contributed by atoms with Crippen molar-refractivity contribution in [2.24, 2.45) is 0 Å². The number of aryl methyl sites for hydroxylation is 1. The first-order valence-corrected chi connectivity index (χ1v) is 6.68. The van der Waals surface area contributed by atoms with E-state index in [-0.39, 0.29) is 5.75 Å². The molecule has 1 aromatic carbocycles. The zero-order valence-corrected chi connectivity index (χ0v) is 10.8. The molecule has 3 aromatic rings. The molecule has 4 nitrogen and oxygen atoms in total. The highest BCUT2D eigenvalue weighted by atomic mass is 32.1. The third-order valence-electron chi connectivity index (χ3n) is 2.84. The number of phenolic OH excluding ortho intramolecular Hbond substituents is 1. The lowest BCUT2D eigenvalue weighted by Crippen LogP contribution is -1.92. The quantitative estimate of drug-likeness (QED) is 0.741. The molecule has 0 atom stereocenters. The van der Waals surface area contributed by atoms with Gasteiger partial charge in [-0.3, -0.25) is 0 Å². The van der Waals surface area contributed by atoms with Gasteiger partial charge in [-0.1, -0.05) is 6.92 Å². The molecule has 0 aliphatic heterocycles. The molecular formula is C13H13N3OS. The molecule has 2 heterocycles. The van der Waals surface area contributed by atoms with E-state index in [0.717, 1.165) is 33.5 Å². The molecule has 0 unspecified atom stereocenters. The van der Waals surface area contributed by atoms with E-state index in [1.165, 1.54) is 0 Å². The molecule has 5 heteroatoms. The average molecular weight is 259 g/mol. The van der Waals surface area contributed by atoms with Gasteiger partial charge >= 0.3 is 0 Å². The van der Waals surface area contributed by atoms with Crippen molar-refractivity contribution >= 4 is 38.3 Å². The number of nitrogens with zero attached hydrogens (tertiary/aromatic N) is 2. The molecule has 0 radical (unpaired) electrons. The number of nitrogen functional groups attached to an aromatic ring is 1. The zero-order chi connectivity index (χ0) is 12.7. The maximum absolute atomic E-state index is 9.49. The molecule has 18 heavy (non-hydrogen) atoms. The summed E-state index contributed by atoms with van der Waals surface area (Å²) < 4.78 is 1.06. The Morgan fingerprint density at radius 2 is 2.17 bits per heavy atom. The third kappa shape index (κ3) is 1.67. The van der Waals surface area contributed by atoms with Crippen LogP contribution < -0.4 is 5.73 Å². The van der Waals surface area contributed by atoms with Crippen molar-refractivity contribution in [1.29, 1.82) is 0 Å². The number of hydrogen-bond acceptors (Lipinski definition) is 5. The van der Waals surface area contributed by atoms with Gasteiger partial charge < -0.3 is 10.8 Å². The van der Waals surface area contributed by atoms with Gasteiger partial charge in [0, 0.05) is 11.5 Å². The predicted octanol–water partition coefficient (Wildman–Crippen LogP) is 3.08. The second kappa shape index (κ2) is 4.10. The van der Waals surface area contributed by atoms with Crippen LogP contribution in [0.4, 0.5) is 5.82 Å². The first-order chi connectivity index (χ1) is 8.69. The van der Waals surface area contributed by atoms with Crippen molar-refractivity contribution in [3.8, 4) is 5.75 Å². The lowest BCUT2D eigenvalue weighted by Gasteiger charge is -2.01. The van der Waals surface area contributed by atoms with Crippen LogP contribution in [0.1, 0.15) is 18.4 Å². The molecule has 3 N–H and O–H groups in total. The molecular weight excluding hydrogens is 246 g/mol. The van der Waals surface area contributed by atoms with Crippen molar-refractivity contribution in [2.75, 3.05) is 5.73 Å². The Bertz CT molecular complexity index is 736. The van der Waals surface area contributed by atoms with E-state index < -0.39 is 0 Å². The fraction of sp³-hybridized carbons (Fsp3) is 0.231. The summed E-state index contributed by atoms with van der Waals surface area (Å²) in [5, 5.41) is 11.6. The number of pyridine rings is 1. The first kappa shape index (κ1) is 11.2. The molecule has 0 fully saturated rings. The monoisotopic (exact) mass is 259 g/mol. The maximum Gasteiger partial charge on any atom is 0.151 e. The number of fused-ring (bicyclic) bond motifs is 3. The fourth-order valence-electron chi connectivity index (χ4n) is 2.03. The van der Waals surface area contributed by atoms with E-state index in [1.54, 1.807) is 23.5 Å². The van der Waals surface area contributed by atoms with E-state index in [9.17, 15) is 5.11 Å². The van der Waals surface area contributed by atoms with Gasteiger partial charge in [0.05, 0.1) is 15.2 Å². The Morgan fingerprint density at radius 3 is 2.94 bits per heavy atom. The van der Waals surface area contributed by atoms with Crippen LogP contribution in [0.3, 0.4) is 0 Å². The smallest absolute Gasteiger partial charge is 0.151 e. The van der Waals surface area contributed by atoms with Crippen molar-refractivity contribution in [1.82, 2.24) is 9.97 Å². The van der Waals surface area contributed by atoms with Crippen molar-refractivity contribution in [3.63, 3.8) is 0 Å². The highest BCUT2D eigenvalue weighted by molar-refractivity contribution is 7.19. The van der Waals surface area contributed by atoms with E-state index in [1.807, 2.05) is 6.07 Å². The summed E-state index contributed by atoms with van der Waals surface area (Å²) in [5.41, 5.74) is 7.43. The maximum atomic E-state index is 9.49. The topological polar surface area (TPSA) is 72.0 Å². The Labute approximate surface area is 108 Å². The van der Waals surface area contributed by atoms with Crippen LogP contribution in [0.5, 0.6) is 5.75 Å². The lowest BCUT2D eigenvalue weighted by atomic mass is 10.2. The molecule has 0 amide bonds. The van der Waals surface area contributed by atoms with Gasteiger partial charge in [-0.25, -0.2) is 9.97 Å². The molecule has 0 spiro atoms. The SMILES string of the molecule is CCCc1nc2c(N)nc3cc(O)ccc3c2s1. The number of thiazole rings is 1. The van der Waals surface area contributed by atoms with Crippen LogP contribution in [0.25, 0.3) is 21.1 Å². The summed E-state index contributed by atoms with van der Waals surface area (Å²) in [6, 6.07) is 5.16. The van der Waals surface area contributed by atoms with Crippen molar-refractivity contribution in [3.05, 3.63) is 23.2 Å². The predicted molar refractivity (Wildman–Crippen MR) is 75.0 cm³/mol. The van der Waals surface area contributed by atoms with Crippen LogP contribution in [0.15, 0.2) is 18.2 Å². The van der Waals surface area contributed by atoms with Gasteiger partial charge in [-0.15, -0.1) is 11.3 Å². The Balaban J connectivity index is 2.37. The summed E-state index contributed by atoms with van der Waals surface area (Å²) >= 11 is 1.66. The standard InChI is InChI=1S/C13H13N3OS/c1-2-3-10-16-11-12(18-10)8-5-4-7(17)6-9(8)15-13(11)14/h4-6,17H,2-3H2,1H3,(H2,14,15). The molecule has 0 aliphatic carbocycles. The minimum atomic E-state index is 0.201. The van der Waals surface area contributed by atoms with E-state index >= 15 is 0 Å². The van der Waals surface area contributed by atoms with Gasteiger partial charge in [0.2, 0.25) is 0 Å². The molecule has 2 aromatic heterocycles. The third-order valence-corrected chi connectivity index (χ3v) is 3.99. The molecule has 92 valence electrons. The molecule has 3 rings (SSSR count). The normalized spacial score (nSPS) is 11.4. The zero-order valence-electron chi connectivity index (χ0n) is 9.97. The fourth-order valence-corrected chi connectivity index (χ4v) is 3.24. The lowest BCUT2D eigenvalue weighted by molar-refractivity contribution is 0.476. The van der Waals surface area contributed by atoms with Gasteiger partial charge in [0.1, 0.15) is 11.3 Å². The highest BCUT2D eigenvalue weighted by Gasteiger charge is 2.12. The second-order valence-electron chi connectivity index (χ2n) is 4.23. The molecule has 0 saturated carbocycles. The Morgan fingerprint density at radius 1 is 1.33 bits per heavy atom. The summed E-state index contributed by atoms with van der Waals surface area (Å²) in [5.74, 6) is 0.633. The number of anilines is 1.